The molecule has 5 nitrogen and oxygen atoms in total. The van der Waals surface area contributed by atoms with Gasteiger partial charge in [-0.1, -0.05) is 30.3 Å². The molecular weight excluding hydrogens is 216 g/mol. The summed E-state index contributed by atoms with van der Waals surface area (Å²) in [5, 5.41) is 21.0. The van der Waals surface area contributed by atoms with Gasteiger partial charge >= 0.3 is 0 Å². The first-order valence-corrected chi connectivity index (χ1v) is 5.70. The van der Waals surface area contributed by atoms with Crippen LogP contribution in [-0.2, 0) is 13.0 Å². The summed E-state index contributed by atoms with van der Waals surface area (Å²) < 4.78 is 1.62. The van der Waals surface area contributed by atoms with E-state index in [4.69, 9.17) is 0 Å². The zero-order valence-corrected chi connectivity index (χ0v) is 9.82. The van der Waals surface area contributed by atoms with Gasteiger partial charge in [0.05, 0.1) is 12.6 Å². The van der Waals surface area contributed by atoms with Crippen LogP contribution >= 0.6 is 0 Å². The van der Waals surface area contributed by atoms with E-state index in [0.717, 1.165) is 12.2 Å². The van der Waals surface area contributed by atoms with Gasteiger partial charge in [0.25, 0.3) is 0 Å². The number of nitrogens with zero attached hydrogens (tertiary/aromatic N) is 4. The normalized spacial score (nSPS) is 12.6. The number of aromatic nitrogens is 4. The largest absolute Gasteiger partial charge is 0.391 e. The number of tetrazole rings is 1. The van der Waals surface area contributed by atoms with E-state index in [2.05, 4.69) is 27.7 Å². The van der Waals surface area contributed by atoms with Gasteiger partial charge in [-0.3, -0.25) is 0 Å². The first-order valence-electron chi connectivity index (χ1n) is 5.70. The maximum absolute atomic E-state index is 9.89. The van der Waals surface area contributed by atoms with Crippen molar-refractivity contribution in [2.45, 2.75) is 32.4 Å². The van der Waals surface area contributed by atoms with Crippen LogP contribution < -0.4 is 0 Å². The van der Waals surface area contributed by atoms with Crippen molar-refractivity contribution in [3.05, 3.63) is 41.7 Å². The summed E-state index contributed by atoms with van der Waals surface area (Å²) in [5.74, 6) is 0.726. The molecule has 0 spiro atoms. The molecule has 2 rings (SSSR count). The van der Waals surface area contributed by atoms with Crippen molar-refractivity contribution in [3.63, 3.8) is 0 Å². The van der Waals surface area contributed by atoms with Crippen molar-refractivity contribution in [3.8, 4) is 0 Å². The topological polar surface area (TPSA) is 63.8 Å². The number of benzene rings is 1. The Morgan fingerprint density at radius 2 is 2.06 bits per heavy atom. The zero-order chi connectivity index (χ0) is 12.1. The number of hydrogen-bond acceptors (Lipinski definition) is 4. The van der Waals surface area contributed by atoms with Gasteiger partial charge in [-0.15, -0.1) is 5.10 Å². The van der Waals surface area contributed by atoms with E-state index in [0.29, 0.717) is 13.0 Å². The number of aliphatic hydroxyl groups is 1. The second kappa shape index (κ2) is 5.54. The van der Waals surface area contributed by atoms with Crippen molar-refractivity contribution in [2.24, 2.45) is 0 Å². The lowest BCUT2D eigenvalue weighted by atomic mass is 10.1. The average molecular weight is 232 g/mol. The molecule has 17 heavy (non-hydrogen) atoms. The van der Waals surface area contributed by atoms with Gasteiger partial charge in [-0.05, 0) is 35.8 Å². The predicted octanol–water partition coefficient (Wildman–Crippen LogP) is 0.975. The lowest BCUT2D eigenvalue weighted by Crippen LogP contribution is -2.18. The minimum absolute atomic E-state index is 0.419. The van der Waals surface area contributed by atoms with E-state index in [1.807, 2.05) is 25.1 Å². The molecule has 0 saturated carbocycles. The molecule has 0 aliphatic carbocycles. The third kappa shape index (κ3) is 3.35. The molecule has 0 saturated heterocycles. The van der Waals surface area contributed by atoms with Gasteiger partial charge in [0, 0.05) is 0 Å². The second-order valence-corrected chi connectivity index (χ2v) is 4.09. The van der Waals surface area contributed by atoms with Crippen LogP contribution in [0.2, 0.25) is 0 Å². The predicted molar refractivity (Wildman–Crippen MR) is 63.3 cm³/mol. The van der Waals surface area contributed by atoms with Crippen LogP contribution in [-0.4, -0.2) is 31.4 Å². The van der Waals surface area contributed by atoms with Crippen LogP contribution in [0, 0.1) is 6.92 Å². The van der Waals surface area contributed by atoms with E-state index >= 15 is 0 Å². The van der Waals surface area contributed by atoms with E-state index in [1.54, 1.807) is 4.68 Å². The molecule has 5 heteroatoms. The van der Waals surface area contributed by atoms with Gasteiger partial charge in [0.1, 0.15) is 5.82 Å². The summed E-state index contributed by atoms with van der Waals surface area (Å²) >= 11 is 0. The van der Waals surface area contributed by atoms with Gasteiger partial charge in [-0.2, -0.15) is 0 Å². The van der Waals surface area contributed by atoms with Crippen LogP contribution in [0.3, 0.4) is 0 Å². The molecule has 1 N–H and O–H groups in total. The average Bonchev–Trinajstić information content (AvgIpc) is 2.74. The van der Waals surface area contributed by atoms with Crippen molar-refractivity contribution in [1.29, 1.82) is 0 Å². The highest BCUT2D eigenvalue weighted by Crippen LogP contribution is 2.06. The number of aliphatic hydroxyl groups excluding tert-OH is 1. The minimum Gasteiger partial charge on any atom is -0.391 e. The smallest absolute Gasteiger partial charge is 0.148 e. The maximum atomic E-state index is 9.89. The fraction of sp³-hybridized carbons (Fsp3) is 0.417. The van der Waals surface area contributed by atoms with Gasteiger partial charge in [0.2, 0.25) is 0 Å². The highest BCUT2D eigenvalue weighted by molar-refractivity contribution is 5.14. The van der Waals surface area contributed by atoms with E-state index in [-0.39, 0.29) is 0 Å². The van der Waals surface area contributed by atoms with Crippen LogP contribution in [0.1, 0.15) is 17.8 Å². The summed E-state index contributed by atoms with van der Waals surface area (Å²) in [5.41, 5.74) is 1.24. The molecule has 90 valence electrons. The Labute approximate surface area is 100 Å². The number of hydrogen-bond donors (Lipinski definition) is 1. The summed E-state index contributed by atoms with van der Waals surface area (Å²) in [6.07, 6.45) is 1.16. The molecule has 1 atom stereocenters. The maximum Gasteiger partial charge on any atom is 0.148 e. The minimum atomic E-state index is -0.419. The summed E-state index contributed by atoms with van der Waals surface area (Å²) in [7, 11) is 0. The first-order chi connectivity index (χ1) is 8.25. The van der Waals surface area contributed by atoms with Crippen LogP contribution in [0.15, 0.2) is 30.3 Å². The molecule has 0 radical (unpaired) electrons. The lowest BCUT2D eigenvalue weighted by Gasteiger charge is -2.10. The molecule has 0 bridgehead atoms. The molecule has 1 aromatic carbocycles. The fourth-order valence-electron chi connectivity index (χ4n) is 1.69. The molecule has 0 amide bonds. The third-order valence-corrected chi connectivity index (χ3v) is 2.70. The molecule has 1 heterocycles. The molecular formula is C12H16N4O. The SMILES string of the molecule is Cc1nnnn1C[C@H](O)CCc1ccccc1. The lowest BCUT2D eigenvalue weighted by molar-refractivity contribution is 0.138. The Morgan fingerprint density at radius 3 is 2.71 bits per heavy atom. The molecule has 0 aliphatic heterocycles. The van der Waals surface area contributed by atoms with Crippen molar-refractivity contribution in [1.82, 2.24) is 20.2 Å². The van der Waals surface area contributed by atoms with Crippen LogP contribution in [0.5, 0.6) is 0 Å². The van der Waals surface area contributed by atoms with Crippen molar-refractivity contribution in [2.75, 3.05) is 0 Å². The highest BCUT2D eigenvalue weighted by atomic mass is 16.3. The Kier molecular flexibility index (Phi) is 3.82. The van der Waals surface area contributed by atoms with E-state index in [1.165, 1.54) is 5.56 Å². The summed E-state index contributed by atoms with van der Waals surface area (Å²) in [4.78, 5) is 0. The highest BCUT2D eigenvalue weighted by Gasteiger charge is 2.08. The Hall–Kier alpha value is -1.75. The third-order valence-electron chi connectivity index (χ3n) is 2.70. The second-order valence-electron chi connectivity index (χ2n) is 4.09. The summed E-state index contributed by atoms with van der Waals surface area (Å²) in [6.45, 7) is 2.27. The molecule has 2 aromatic rings. The van der Waals surface area contributed by atoms with Crippen LogP contribution in [0.25, 0.3) is 0 Å². The van der Waals surface area contributed by atoms with Crippen molar-refractivity contribution < 1.29 is 5.11 Å². The first kappa shape index (κ1) is 11.7. The molecule has 0 fully saturated rings. The Bertz CT molecular complexity index is 455. The monoisotopic (exact) mass is 232 g/mol. The van der Waals surface area contributed by atoms with E-state index in [9.17, 15) is 5.11 Å². The Balaban J connectivity index is 1.82. The molecule has 0 aliphatic rings. The number of rotatable bonds is 5. The zero-order valence-electron chi connectivity index (χ0n) is 9.82. The fourth-order valence-corrected chi connectivity index (χ4v) is 1.69. The van der Waals surface area contributed by atoms with Crippen molar-refractivity contribution >= 4 is 0 Å². The molecule has 1 aromatic heterocycles. The van der Waals surface area contributed by atoms with Crippen LogP contribution in [0.4, 0.5) is 0 Å². The van der Waals surface area contributed by atoms with E-state index < -0.39 is 6.10 Å². The quantitative estimate of drug-likeness (QED) is 0.834. The number of aryl methyl sites for hydroxylation is 2. The van der Waals surface area contributed by atoms with Gasteiger partial charge in [-0.25, -0.2) is 4.68 Å². The standard InChI is InChI=1S/C12H16N4O/c1-10-13-14-15-16(10)9-12(17)8-7-11-5-3-2-4-6-11/h2-6,12,17H,7-9H2,1H3/t12-/m1/s1. The summed E-state index contributed by atoms with van der Waals surface area (Å²) in [6, 6.07) is 10.1. The molecule has 0 unspecified atom stereocenters. The Morgan fingerprint density at radius 1 is 1.29 bits per heavy atom. The van der Waals surface area contributed by atoms with Gasteiger partial charge < -0.3 is 5.11 Å². The van der Waals surface area contributed by atoms with Gasteiger partial charge in [0.15, 0.2) is 0 Å².